The first-order chi connectivity index (χ1) is 8.59. The molecule has 0 bridgehead atoms. The summed E-state index contributed by atoms with van der Waals surface area (Å²) < 4.78 is 0. The summed E-state index contributed by atoms with van der Waals surface area (Å²) in [6.07, 6.45) is 4.11. The van der Waals surface area contributed by atoms with Gasteiger partial charge in [-0.1, -0.05) is 51.0 Å². The topological polar surface area (TPSA) is 12.0 Å². The van der Waals surface area contributed by atoms with Crippen LogP contribution in [0.4, 0.5) is 0 Å². The Kier molecular flexibility index (Phi) is 4.45. The van der Waals surface area contributed by atoms with Crippen LogP contribution in [0.2, 0.25) is 0 Å². The molecule has 1 aromatic carbocycles. The molecule has 1 aliphatic rings. The molecular formula is C17H27N. The Bertz CT molecular complexity index is 385. The molecule has 1 fully saturated rings. The van der Waals surface area contributed by atoms with E-state index in [9.17, 15) is 0 Å². The average molecular weight is 245 g/mol. The standard InChI is InChI=1S/C17H27N/c1-12-9-7-11-17(14(12)3)18-15(4)16-10-6-5-8-13(16)2/h5-6,8,10,12,14-15,17-18H,7,9,11H2,1-4H3. The first kappa shape index (κ1) is 13.6. The molecule has 1 aliphatic carbocycles. The van der Waals surface area contributed by atoms with Crippen molar-refractivity contribution in [1.82, 2.24) is 5.32 Å². The Labute approximate surface area is 112 Å². The van der Waals surface area contributed by atoms with Gasteiger partial charge in [-0.2, -0.15) is 0 Å². The second-order valence-corrected chi connectivity index (χ2v) is 6.12. The van der Waals surface area contributed by atoms with Crippen LogP contribution in [0.25, 0.3) is 0 Å². The van der Waals surface area contributed by atoms with Gasteiger partial charge < -0.3 is 5.32 Å². The Morgan fingerprint density at radius 2 is 1.89 bits per heavy atom. The van der Waals surface area contributed by atoms with Crippen LogP contribution in [0.3, 0.4) is 0 Å². The van der Waals surface area contributed by atoms with Crippen molar-refractivity contribution in [2.75, 3.05) is 0 Å². The largest absolute Gasteiger partial charge is 0.307 e. The van der Waals surface area contributed by atoms with Crippen LogP contribution in [-0.4, -0.2) is 6.04 Å². The molecule has 100 valence electrons. The summed E-state index contributed by atoms with van der Waals surface area (Å²) in [4.78, 5) is 0. The summed E-state index contributed by atoms with van der Waals surface area (Å²) in [5.41, 5.74) is 2.84. The SMILES string of the molecule is Cc1ccccc1C(C)NC1CCCC(C)C1C. The zero-order valence-corrected chi connectivity index (χ0v) is 12.2. The maximum absolute atomic E-state index is 3.86. The van der Waals surface area contributed by atoms with Crippen molar-refractivity contribution < 1.29 is 0 Å². The monoisotopic (exact) mass is 245 g/mol. The Morgan fingerprint density at radius 1 is 1.17 bits per heavy atom. The number of aryl methyl sites for hydroxylation is 1. The summed E-state index contributed by atoms with van der Waals surface area (Å²) in [7, 11) is 0. The van der Waals surface area contributed by atoms with E-state index in [2.05, 4.69) is 57.3 Å². The molecule has 0 aliphatic heterocycles. The van der Waals surface area contributed by atoms with Crippen LogP contribution in [0.1, 0.15) is 57.2 Å². The van der Waals surface area contributed by atoms with Crippen LogP contribution >= 0.6 is 0 Å². The van der Waals surface area contributed by atoms with Gasteiger partial charge in [0.15, 0.2) is 0 Å². The fraction of sp³-hybridized carbons (Fsp3) is 0.647. The molecular weight excluding hydrogens is 218 g/mol. The van der Waals surface area contributed by atoms with E-state index in [4.69, 9.17) is 0 Å². The van der Waals surface area contributed by atoms with Gasteiger partial charge in [-0.3, -0.25) is 0 Å². The highest BCUT2D eigenvalue weighted by atomic mass is 15.0. The van der Waals surface area contributed by atoms with E-state index in [1.54, 1.807) is 0 Å². The number of hydrogen-bond donors (Lipinski definition) is 1. The molecule has 1 heteroatoms. The maximum Gasteiger partial charge on any atom is 0.0297 e. The van der Waals surface area contributed by atoms with Gasteiger partial charge in [0, 0.05) is 12.1 Å². The van der Waals surface area contributed by atoms with Crippen molar-refractivity contribution in [3.05, 3.63) is 35.4 Å². The van der Waals surface area contributed by atoms with Crippen molar-refractivity contribution in [2.24, 2.45) is 11.8 Å². The predicted molar refractivity (Wildman–Crippen MR) is 78.7 cm³/mol. The number of benzene rings is 1. The molecule has 0 amide bonds. The highest BCUT2D eigenvalue weighted by Crippen LogP contribution is 2.31. The summed E-state index contributed by atoms with van der Waals surface area (Å²) in [5.74, 6) is 1.66. The van der Waals surface area contributed by atoms with Gasteiger partial charge in [0.2, 0.25) is 0 Å². The first-order valence-electron chi connectivity index (χ1n) is 7.41. The first-order valence-corrected chi connectivity index (χ1v) is 7.41. The Morgan fingerprint density at radius 3 is 2.61 bits per heavy atom. The maximum atomic E-state index is 3.86. The quantitative estimate of drug-likeness (QED) is 0.828. The van der Waals surface area contributed by atoms with E-state index in [0.29, 0.717) is 12.1 Å². The normalized spacial score (nSPS) is 30.1. The van der Waals surface area contributed by atoms with Gasteiger partial charge in [0.1, 0.15) is 0 Å². The van der Waals surface area contributed by atoms with Crippen LogP contribution in [-0.2, 0) is 0 Å². The zero-order valence-electron chi connectivity index (χ0n) is 12.2. The van der Waals surface area contributed by atoms with Crippen molar-refractivity contribution in [3.8, 4) is 0 Å². The molecule has 0 heterocycles. The molecule has 2 rings (SSSR count). The van der Waals surface area contributed by atoms with E-state index in [1.165, 1.54) is 30.4 Å². The lowest BCUT2D eigenvalue weighted by Gasteiger charge is -2.36. The van der Waals surface area contributed by atoms with E-state index >= 15 is 0 Å². The fourth-order valence-electron chi connectivity index (χ4n) is 3.30. The van der Waals surface area contributed by atoms with Gasteiger partial charge in [-0.05, 0) is 43.2 Å². The van der Waals surface area contributed by atoms with Crippen molar-refractivity contribution in [3.63, 3.8) is 0 Å². The third kappa shape index (κ3) is 2.95. The zero-order chi connectivity index (χ0) is 13.1. The van der Waals surface area contributed by atoms with Crippen LogP contribution in [0.5, 0.6) is 0 Å². The van der Waals surface area contributed by atoms with E-state index in [1.807, 2.05) is 0 Å². The molecule has 1 N–H and O–H groups in total. The van der Waals surface area contributed by atoms with Gasteiger partial charge in [0.25, 0.3) is 0 Å². The molecule has 4 unspecified atom stereocenters. The van der Waals surface area contributed by atoms with E-state index in [0.717, 1.165) is 11.8 Å². The van der Waals surface area contributed by atoms with Crippen LogP contribution < -0.4 is 5.32 Å². The smallest absolute Gasteiger partial charge is 0.0297 e. The molecule has 1 nitrogen and oxygen atoms in total. The highest BCUT2D eigenvalue weighted by molar-refractivity contribution is 5.28. The van der Waals surface area contributed by atoms with Gasteiger partial charge in [-0.15, -0.1) is 0 Å². The average Bonchev–Trinajstić information content (AvgIpc) is 2.35. The molecule has 0 spiro atoms. The van der Waals surface area contributed by atoms with Crippen LogP contribution in [0.15, 0.2) is 24.3 Å². The van der Waals surface area contributed by atoms with Crippen LogP contribution in [0, 0.1) is 18.8 Å². The Hall–Kier alpha value is -0.820. The Balaban J connectivity index is 2.03. The molecule has 0 aromatic heterocycles. The van der Waals surface area contributed by atoms with Crippen molar-refractivity contribution in [2.45, 2.75) is 59.0 Å². The second-order valence-electron chi connectivity index (χ2n) is 6.12. The molecule has 4 atom stereocenters. The third-order valence-electron chi connectivity index (χ3n) is 4.83. The summed E-state index contributed by atoms with van der Waals surface area (Å²) in [6.45, 7) is 9.32. The predicted octanol–water partition coefficient (Wildman–Crippen LogP) is 4.47. The minimum atomic E-state index is 0.462. The number of hydrogen-bond acceptors (Lipinski definition) is 1. The van der Waals surface area contributed by atoms with Gasteiger partial charge in [-0.25, -0.2) is 0 Å². The molecule has 0 saturated heterocycles. The second kappa shape index (κ2) is 5.88. The minimum absolute atomic E-state index is 0.462. The molecule has 1 saturated carbocycles. The summed E-state index contributed by atoms with van der Waals surface area (Å²) in [5, 5.41) is 3.86. The minimum Gasteiger partial charge on any atom is -0.307 e. The van der Waals surface area contributed by atoms with Gasteiger partial charge in [0.05, 0.1) is 0 Å². The fourth-order valence-corrected chi connectivity index (χ4v) is 3.30. The number of rotatable bonds is 3. The molecule has 0 radical (unpaired) electrons. The molecule has 1 aromatic rings. The lowest BCUT2D eigenvalue weighted by molar-refractivity contribution is 0.196. The van der Waals surface area contributed by atoms with Crippen molar-refractivity contribution in [1.29, 1.82) is 0 Å². The lowest BCUT2D eigenvalue weighted by atomic mass is 9.77. The van der Waals surface area contributed by atoms with Crippen molar-refractivity contribution >= 4 is 0 Å². The molecule has 18 heavy (non-hydrogen) atoms. The highest BCUT2D eigenvalue weighted by Gasteiger charge is 2.28. The lowest BCUT2D eigenvalue weighted by Crippen LogP contribution is -2.41. The van der Waals surface area contributed by atoms with E-state index < -0.39 is 0 Å². The van der Waals surface area contributed by atoms with Gasteiger partial charge >= 0.3 is 0 Å². The summed E-state index contributed by atoms with van der Waals surface area (Å²) >= 11 is 0. The number of nitrogens with one attached hydrogen (secondary N) is 1. The third-order valence-corrected chi connectivity index (χ3v) is 4.83. The summed E-state index contributed by atoms with van der Waals surface area (Å²) in [6, 6.07) is 9.88. The van der Waals surface area contributed by atoms with E-state index in [-0.39, 0.29) is 0 Å².